The summed E-state index contributed by atoms with van der Waals surface area (Å²) in [4.78, 5) is 12.0. The summed E-state index contributed by atoms with van der Waals surface area (Å²) in [5.41, 5.74) is 3.69. The van der Waals surface area contributed by atoms with Gasteiger partial charge in [-0.15, -0.1) is 12.4 Å². The Labute approximate surface area is 134 Å². The van der Waals surface area contributed by atoms with E-state index in [0.29, 0.717) is 12.3 Å². The van der Waals surface area contributed by atoms with Crippen LogP contribution in [0.5, 0.6) is 0 Å². The van der Waals surface area contributed by atoms with Crippen molar-refractivity contribution in [2.24, 2.45) is 5.92 Å². The Morgan fingerprint density at radius 1 is 1.33 bits per heavy atom. The van der Waals surface area contributed by atoms with Gasteiger partial charge in [0, 0.05) is 6.42 Å². The lowest BCUT2D eigenvalue weighted by Crippen LogP contribution is -2.27. The number of carbonyl (C=O) groups is 1. The summed E-state index contributed by atoms with van der Waals surface area (Å²) in [5, 5.41) is 6.46. The Morgan fingerprint density at radius 2 is 2.00 bits per heavy atom. The molecule has 118 valence electrons. The average molecular weight is 311 g/mol. The molecule has 1 aliphatic heterocycles. The number of benzene rings is 1. The first-order chi connectivity index (χ1) is 9.54. The van der Waals surface area contributed by atoms with Crippen molar-refractivity contribution in [2.75, 3.05) is 13.1 Å². The lowest BCUT2D eigenvalue weighted by atomic mass is 10.0. The van der Waals surface area contributed by atoms with E-state index in [0.717, 1.165) is 19.5 Å². The monoisotopic (exact) mass is 310 g/mol. The molecule has 2 atom stereocenters. The molecule has 4 heteroatoms. The van der Waals surface area contributed by atoms with Crippen molar-refractivity contribution in [1.29, 1.82) is 0 Å². The van der Waals surface area contributed by atoms with Crippen LogP contribution in [0.4, 0.5) is 0 Å². The van der Waals surface area contributed by atoms with Crippen molar-refractivity contribution < 1.29 is 4.79 Å². The van der Waals surface area contributed by atoms with Crippen LogP contribution in [0, 0.1) is 19.8 Å². The summed E-state index contributed by atoms with van der Waals surface area (Å²) >= 11 is 0. The number of carbonyl (C=O) groups excluding carboxylic acids is 1. The Bertz CT molecular complexity index is 450. The summed E-state index contributed by atoms with van der Waals surface area (Å²) in [6, 6.07) is 6.55. The Kier molecular flexibility index (Phi) is 7.20. The van der Waals surface area contributed by atoms with Crippen LogP contribution in [0.1, 0.15) is 48.9 Å². The van der Waals surface area contributed by atoms with Gasteiger partial charge in [0.25, 0.3) is 0 Å². The molecular weight excluding hydrogens is 284 g/mol. The first kappa shape index (κ1) is 18.0. The zero-order valence-electron chi connectivity index (χ0n) is 13.2. The molecule has 1 amide bonds. The van der Waals surface area contributed by atoms with Crippen molar-refractivity contribution in [3.05, 3.63) is 34.9 Å². The van der Waals surface area contributed by atoms with Gasteiger partial charge in [0.05, 0.1) is 6.04 Å². The van der Waals surface area contributed by atoms with Crippen molar-refractivity contribution >= 4 is 18.3 Å². The van der Waals surface area contributed by atoms with Crippen LogP contribution in [-0.4, -0.2) is 19.0 Å². The number of hydrogen-bond donors (Lipinski definition) is 2. The van der Waals surface area contributed by atoms with Crippen molar-refractivity contribution in [2.45, 2.75) is 46.1 Å². The molecule has 1 aromatic rings. The van der Waals surface area contributed by atoms with E-state index in [1.54, 1.807) is 0 Å². The van der Waals surface area contributed by atoms with Gasteiger partial charge in [-0.3, -0.25) is 4.79 Å². The van der Waals surface area contributed by atoms with Gasteiger partial charge in [-0.2, -0.15) is 0 Å². The molecule has 1 aliphatic rings. The molecule has 1 saturated heterocycles. The van der Waals surface area contributed by atoms with Crippen molar-refractivity contribution in [3.8, 4) is 0 Å². The van der Waals surface area contributed by atoms with Gasteiger partial charge in [-0.25, -0.2) is 0 Å². The number of hydrogen-bond acceptors (Lipinski definition) is 2. The van der Waals surface area contributed by atoms with E-state index in [-0.39, 0.29) is 24.4 Å². The lowest BCUT2D eigenvalue weighted by molar-refractivity contribution is -0.122. The maximum Gasteiger partial charge on any atom is 0.220 e. The van der Waals surface area contributed by atoms with Gasteiger partial charge in [0.2, 0.25) is 5.91 Å². The zero-order chi connectivity index (χ0) is 14.5. The van der Waals surface area contributed by atoms with E-state index in [9.17, 15) is 4.79 Å². The summed E-state index contributed by atoms with van der Waals surface area (Å²) in [6.07, 6.45) is 2.85. The minimum absolute atomic E-state index is 0. The third kappa shape index (κ3) is 5.68. The molecule has 0 aliphatic carbocycles. The second-order valence-electron chi connectivity index (χ2n) is 6.11. The fraction of sp³-hybridized carbons (Fsp3) is 0.588. The molecule has 0 aromatic heterocycles. The van der Waals surface area contributed by atoms with E-state index in [2.05, 4.69) is 49.6 Å². The first-order valence-corrected chi connectivity index (χ1v) is 7.63. The largest absolute Gasteiger partial charge is 0.350 e. The molecule has 21 heavy (non-hydrogen) atoms. The fourth-order valence-electron chi connectivity index (χ4n) is 2.95. The van der Waals surface area contributed by atoms with Gasteiger partial charge in [0.15, 0.2) is 0 Å². The van der Waals surface area contributed by atoms with Crippen LogP contribution in [-0.2, 0) is 4.79 Å². The summed E-state index contributed by atoms with van der Waals surface area (Å²) in [5.74, 6) is 0.848. The fourth-order valence-corrected chi connectivity index (χ4v) is 2.95. The van der Waals surface area contributed by atoms with Crippen molar-refractivity contribution in [3.63, 3.8) is 0 Å². The predicted molar refractivity (Wildman–Crippen MR) is 89.9 cm³/mol. The van der Waals surface area contributed by atoms with E-state index in [1.807, 2.05) is 0 Å². The van der Waals surface area contributed by atoms with E-state index in [1.165, 1.54) is 23.1 Å². The summed E-state index contributed by atoms with van der Waals surface area (Å²) in [7, 11) is 0. The molecule has 1 fully saturated rings. The van der Waals surface area contributed by atoms with Crippen LogP contribution in [0.15, 0.2) is 18.2 Å². The highest BCUT2D eigenvalue weighted by Gasteiger charge is 2.16. The molecule has 2 N–H and O–H groups in total. The van der Waals surface area contributed by atoms with Crippen LogP contribution < -0.4 is 10.6 Å². The van der Waals surface area contributed by atoms with E-state index in [4.69, 9.17) is 0 Å². The number of aryl methyl sites for hydroxylation is 2. The van der Waals surface area contributed by atoms with Crippen molar-refractivity contribution in [1.82, 2.24) is 10.6 Å². The molecule has 2 unspecified atom stereocenters. The van der Waals surface area contributed by atoms with Gasteiger partial charge in [-0.1, -0.05) is 29.3 Å². The van der Waals surface area contributed by atoms with E-state index < -0.39 is 0 Å². The average Bonchev–Trinajstić information content (AvgIpc) is 2.88. The predicted octanol–water partition coefficient (Wildman–Crippen LogP) is 3.29. The molecule has 0 spiro atoms. The van der Waals surface area contributed by atoms with Gasteiger partial charge in [-0.05, 0) is 58.2 Å². The second kappa shape index (κ2) is 8.40. The maximum atomic E-state index is 12.0. The number of halogens is 1. The summed E-state index contributed by atoms with van der Waals surface area (Å²) < 4.78 is 0. The standard InChI is InChI=1S/C17H26N2O.ClH/c1-12-8-13(2)10-16(9-12)14(3)19-17(20)5-4-15-6-7-18-11-15;/h8-10,14-15,18H,4-7,11H2,1-3H3,(H,19,20);1H. The lowest BCUT2D eigenvalue weighted by Gasteiger charge is -2.16. The number of amides is 1. The minimum Gasteiger partial charge on any atom is -0.350 e. The van der Waals surface area contributed by atoms with Gasteiger partial charge >= 0.3 is 0 Å². The molecular formula is C17H27ClN2O. The first-order valence-electron chi connectivity index (χ1n) is 7.63. The molecule has 1 heterocycles. The molecule has 3 nitrogen and oxygen atoms in total. The Balaban J connectivity index is 0.00000220. The quantitative estimate of drug-likeness (QED) is 0.876. The van der Waals surface area contributed by atoms with Crippen LogP contribution in [0.25, 0.3) is 0 Å². The molecule has 1 aromatic carbocycles. The van der Waals surface area contributed by atoms with Crippen LogP contribution >= 0.6 is 12.4 Å². The maximum absolute atomic E-state index is 12.0. The Morgan fingerprint density at radius 3 is 2.57 bits per heavy atom. The topological polar surface area (TPSA) is 41.1 Å². The van der Waals surface area contributed by atoms with Gasteiger partial charge < -0.3 is 10.6 Å². The highest BCUT2D eigenvalue weighted by molar-refractivity contribution is 5.85. The third-order valence-corrected chi connectivity index (χ3v) is 4.06. The molecule has 0 radical (unpaired) electrons. The highest BCUT2D eigenvalue weighted by atomic mass is 35.5. The smallest absolute Gasteiger partial charge is 0.220 e. The van der Waals surface area contributed by atoms with E-state index >= 15 is 0 Å². The normalized spacial score (nSPS) is 18.9. The Hall–Kier alpha value is -1.06. The SMILES string of the molecule is Cc1cc(C)cc(C(C)NC(=O)CCC2CCNC2)c1.Cl. The molecule has 2 rings (SSSR count). The molecule has 0 saturated carbocycles. The van der Waals surface area contributed by atoms with Gasteiger partial charge in [0.1, 0.15) is 0 Å². The number of rotatable bonds is 5. The zero-order valence-corrected chi connectivity index (χ0v) is 14.1. The molecule has 0 bridgehead atoms. The highest BCUT2D eigenvalue weighted by Crippen LogP contribution is 2.18. The third-order valence-electron chi connectivity index (χ3n) is 4.06. The minimum atomic E-state index is 0. The summed E-state index contributed by atoms with van der Waals surface area (Å²) in [6.45, 7) is 8.42. The number of nitrogens with one attached hydrogen (secondary N) is 2. The van der Waals surface area contributed by atoms with Crippen LogP contribution in [0.3, 0.4) is 0 Å². The second-order valence-corrected chi connectivity index (χ2v) is 6.11. The van der Waals surface area contributed by atoms with Crippen LogP contribution in [0.2, 0.25) is 0 Å².